The Labute approximate surface area is 155 Å². The Hall–Kier alpha value is -3.35. The number of nitrogens with one attached hydrogen (secondary N) is 1. The molecule has 0 radical (unpaired) electrons. The average molecular weight is 368 g/mol. The van der Waals surface area contributed by atoms with Crippen LogP contribution in [0.25, 0.3) is 0 Å². The lowest BCUT2D eigenvalue weighted by Crippen LogP contribution is -2.31. The van der Waals surface area contributed by atoms with E-state index in [1.54, 1.807) is 4.90 Å². The molecule has 1 heterocycles. The summed E-state index contributed by atoms with van der Waals surface area (Å²) >= 11 is 0. The average Bonchev–Trinajstić information content (AvgIpc) is 2.69. The van der Waals surface area contributed by atoms with Gasteiger partial charge in [0.2, 0.25) is 0 Å². The van der Waals surface area contributed by atoms with Crippen molar-refractivity contribution in [2.75, 3.05) is 11.9 Å². The lowest BCUT2D eigenvalue weighted by Gasteiger charge is -2.20. The first kappa shape index (κ1) is 18.4. The number of rotatable bonds is 6. The molecule has 0 saturated heterocycles. The highest BCUT2D eigenvalue weighted by atomic mass is 19.1. The zero-order chi connectivity index (χ0) is 19.2. The van der Waals surface area contributed by atoms with Gasteiger partial charge in [-0.3, -0.25) is 4.79 Å². The predicted octanol–water partition coefficient (Wildman–Crippen LogP) is 4.16. The molecule has 0 bridgehead atoms. The van der Waals surface area contributed by atoms with Gasteiger partial charge in [-0.1, -0.05) is 30.3 Å². The summed E-state index contributed by atoms with van der Waals surface area (Å²) in [7, 11) is 0. The highest BCUT2D eigenvalue weighted by Crippen LogP contribution is 2.19. The quantitative estimate of drug-likeness (QED) is 0.710. The number of nitrogens with zero attached hydrogens (tertiary/aromatic N) is 3. The second-order valence-electron chi connectivity index (χ2n) is 5.84. The van der Waals surface area contributed by atoms with E-state index in [4.69, 9.17) is 0 Å². The Morgan fingerprint density at radius 2 is 1.85 bits per heavy atom. The summed E-state index contributed by atoms with van der Waals surface area (Å²) in [5.74, 6) is -1.39. The minimum absolute atomic E-state index is 0.0732. The van der Waals surface area contributed by atoms with Crippen molar-refractivity contribution in [1.82, 2.24) is 14.9 Å². The third-order valence-corrected chi connectivity index (χ3v) is 3.95. The first-order chi connectivity index (χ1) is 13.1. The molecular weight excluding hydrogens is 350 g/mol. The summed E-state index contributed by atoms with van der Waals surface area (Å²) in [6.07, 6.45) is 2.67. The molecular formula is C20H18F2N4O. The van der Waals surface area contributed by atoms with E-state index in [-0.39, 0.29) is 23.1 Å². The molecule has 0 spiro atoms. The van der Waals surface area contributed by atoms with Crippen LogP contribution in [0.3, 0.4) is 0 Å². The Morgan fingerprint density at radius 3 is 2.48 bits per heavy atom. The molecule has 0 fully saturated rings. The van der Waals surface area contributed by atoms with Gasteiger partial charge >= 0.3 is 0 Å². The number of carbonyl (C=O) groups is 1. The van der Waals surface area contributed by atoms with E-state index in [2.05, 4.69) is 15.3 Å². The molecule has 138 valence electrons. The van der Waals surface area contributed by atoms with Crippen LogP contribution in [0.15, 0.2) is 60.9 Å². The third-order valence-electron chi connectivity index (χ3n) is 3.95. The number of aromatic nitrogens is 2. The van der Waals surface area contributed by atoms with E-state index in [0.29, 0.717) is 13.1 Å². The summed E-state index contributed by atoms with van der Waals surface area (Å²) in [5.41, 5.74) is 1.28. The number of carbonyl (C=O) groups excluding carboxylic acids is 1. The van der Waals surface area contributed by atoms with Crippen LogP contribution in [0.5, 0.6) is 0 Å². The van der Waals surface area contributed by atoms with Gasteiger partial charge in [-0.2, -0.15) is 0 Å². The Bertz CT molecular complexity index is 917. The Morgan fingerprint density at radius 1 is 1.07 bits per heavy atom. The topological polar surface area (TPSA) is 58.1 Å². The summed E-state index contributed by atoms with van der Waals surface area (Å²) in [6.45, 7) is 2.89. The summed E-state index contributed by atoms with van der Waals surface area (Å²) < 4.78 is 26.6. The van der Waals surface area contributed by atoms with E-state index < -0.39 is 11.6 Å². The van der Waals surface area contributed by atoms with Gasteiger partial charge in [0.1, 0.15) is 23.1 Å². The third kappa shape index (κ3) is 4.63. The second kappa shape index (κ2) is 8.35. The van der Waals surface area contributed by atoms with Crippen LogP contribution in [0.1, 0.15) is 23.0 Å². The van der Waals surface area contributed by atoms with Gasteiger partial charge < -0.3 is 10.2 Å². The van der Waals surface area contributed by atoms with Crippen molar-refractivity contribution in [2.45, 2.75) is 13.5 Å². The van der Waals surface area contributed by atoms with Gasteiger partial charge in [0.05, 0.1) is 18.1 Å². The molecule has 2 aromatic carbocycles. The van der Waals surface area contributed by atoms with Gasteiger partial charge in [-0.05, 0) is 24.6 Å². The lowest BCUT2D eigenvalue weighted by atomic mass is 10.2. The predicted molar refractivity (Wildman–Crippen MR) is 98.5 cm³/mol. The van der Waals surface area contributed by atoms with Gasteiger partial charge in [-0.15, -0.1) is 0 Å². The number of anilines is 2. The number of amides is 1. The summed E-state index contributed by atoms with van der Waals surface area (Å²) in [6, 6.07) is 12.8. The van der Waals surface area contributed by atoms with Crippen molar-refractivity contribution in [3.05, 3.63) is 83.8 Å². The maximum Gasteiger partial charge on any atom is 0.274 e. The Balaban J connectivity index is 1.70. The smallest absolute Gasteiger partial charge is 0.274 e. The van der Waals surface area contributed by atoms with Crippen LogP contribution in [-0.4, -0.2) is 27.3 Å². The molecule has 27 heavy (non-hydrogen) atoms. The van der Waals surface area contributed by atoms with Crippen molar-refractivity contribution in [3.63, 3.8) is 0 Å². The van der Waals surface area contributed by atoms with E-state index >= 15 is 0 Å². The first-order valence-electron chi connectivity index (χ1n) is 8.44. The van der Waals surface area contributed by atoms with E-state index in [1.165, 1.54) is 18.5 Å². The molecule has 3 aromatic rings. The maximum atomic E-state index is 13.7. The SMILES string of the molecule is CCN(Cc1ccccc1)C(=O)c1cnc(Nc2ccc(F)cc2F)cn1. The summed E-state index contributed by atoms with van der Waals surface area (Å²) in [5, 5.41) is 2.71. The number of hydrogen-bond acceptors (Lipinski definition) is 4. The number of benzene rings is 2. The van der Waals surface area contributed by atoms with Gasteiger partial charge in [0.25, 0.3) is 5.91 Å². The minimum atomic E-state index is -0.739. The van der Waals surface area contributed by atoms with Crippen LogP contribution in [0, 0.1) is 11.6 Å². The van der Waals surface area contributed by atoms with Crippen molar-refractivity contribution < 1.29 is 13.6 Å². The Kier molecular flexibility index (Phi) is 5.71. The van der Waals surface area contributed by atoms with E-state index in [0.717, 1.165) is 17.7 Å². The zero-order valence-corrected chi connectivity index (χ0v) is 14.7. The fourth-order valence-electron chi connectivity index (χ4n) is 2.52. The standard InChI is InChI=1S/C20H18F2N4O/c1-2-26(13-14-6-4-3-5-7-14)20(27)18-11-24-19(12-23-18)25-17-9-8-15(21)10-16(17)22/h3-12H,2,13H2,1H3,(H,24,25). The normalized spacial score (nSPS) is 10.5. The molecule has 0 aliphatic heterocycles. The van der Waals surface area contributed by atoms with Crippen LogP contribution >= 0.6 is 0 Å². The molecule has 0 saturated carbocycles. The lowest BCUT2D eigenvalue weighted by molar-refractivity contribution is 0.0746. The molecule has 1 N–H and O–H groups in total. The maximum absolute atomic E-state index is 13.7. The van der Waals surface area contributed by atoms with Crippen LogP contribution in [0.4, 0.5) is 20.3 Å². The molecule has 1 amide bonds. The number of hydrogen-bond donors (Lipinski definition) is 1. The van der Waals surface area contributed by atoms with Gasteiger partial charge in [0, 0.05) is 19.2 Å². The molecule has 0 unspecified atom stereocenters. The molecule has 5 nitrogen and oxygen atoms in total. The monoisotopic (exact) mass is 368 g/mol. The highest BCUT2D eigenvalue weighted by Gasteiger charge is 2.16. The van der Waals surface area contributed by atoms with Crippen LogP contribution < -0.4 is 5.32 Å². The van der Waals surface area contributed by atoms with Gasteiger partial charge in [0.15, 0.2) is 0 Å². The highest BCUT2D eigenvalue weighted by molar-refractivity contribution is 5.92. The molecule has 3 rings (SSSR count). The molecule has 0 atom stereocenters. The fraction of sp³-hybridized carbons (Fsp3) is 0.150. The molecule has 7 heteroatoms. The molecule has 0 aliphatic carbocycles. The van der Waals surface area contributed by atoms with Crippen LogP contribution in [-0.2, 0) is 6.54 Å². The second-order valence-corrected chi connectivity index (χ2v) is 5.84. The first-order valence-corrected chi connectivity index (χ1v) is 8.44. The zero-order valence-electron chi connectivity index (χ0n) is 14.7. The molecule has 0 aliphatic rings. The summed E-state index contributed by atoms with van der Waals surface area (Å²) in [4.78, 5) is 22.5. The van der Waals surface area contributed by atoms with Crippen molar-refractivity contribution in [3.8, 4) is 0 Å². The van der Waals surface area contributed by atoms with Crippen molar-refractivity contribution in [2.24, 2.45) is 0 Å². The van der Waals surface area contributed by atoms with Crippen molar-refractivity contribution in [1.29, 1.82) is 0 Å². The fourth-order valence-corrected chi connectivity index (χ4v) is 2.52. The van der Waals surface area contributed by atoms with Gasteiger partial charge in [-0.25, -0.2) is 18.7 Å². The van der Waals surface area contributed by atoms with E-state index in [9.17, 15) is 13.6 Å². The van der Waals surface area contributed by atoms with Crippen molar-refractivity contribution >= 4 is 17.4 Å². The number of halogens is 2. The van der Waals surface area contributed by atoms with E-state index in [1.807, 2.05) is 37.3 Å². The largest absolute Gasteiger partial charge is 0.337 e. The molecule has 1 aromatic heterocycles. The van der Waals surface area contributed by atoms with Crippen LogP contribution in [0.2, 0.25) is 0 Å². The minimum Gasteiger partial charge on any atom is -0.337 e.